The summed E-state index contributed by atoms with van der Waals surface area (Å²) in [6.45, 7) is 0. The van der Waals surface area contributed by atoms with E-state index in [-0.39, 0.29) is 34.5 Å². The Kier molecular flexibility index (Phi) is 3.63. The summed E-state index contributed by atoms with van der Waals surface area (Å²) in [4.78, 5) is 0.281. The van der Waals surface area contributed by atoms with Crippen molar-refractivity contribution in [3.63, 3.8) is 0 Å². The van der Waals surface area contributed by atoms with Gasteiger partial charge in [0.25, 0.3) is 0 Å². The fourth-order valence-corrected chi connectivity index (χ4v) is 1.43. The monoisotopic (exact) mass is 204 g/mol. The third-order valence-corrected chi connectivity index (χ3v) is 2.24. The van der Waals surface area contributed by atoms with Gasteiger partial charge >= 0.3 is 29.6 Å². The quantitative estimate of drug-likeness (QED) is 0.423. The van der Waals surface area contributed by atoms with E-state index in [1.165, 1.54) is 6.07 Å². The van der Waals surface area contributed by atoms with Gasteiger partial charge in [0.2, 0.25) is 0 Å². The van der Waals surface area contributed by atoms with Crippen molar-refractivity contribution in [2.75, 3.05) is 0 Å². The molecule has 0 radical (unpaired) electrons. The molecular weight excluding hydrogens is 199 g/mol. The van der Waals surface area contributed by atoms with Crippen LogP contribution in [-0.4, -0.2) is 19.0 Å². The van der Waals surface area contributed by atoms with E-state index in [0.29, 0.717) is 0 Å². The number of hydrogen-bond donors (Lipinski definition) is 1. The maximum absolute atomic E-state index is 10.5. The third-order valence-electron chi connectivity index (χ3n) is 1.60. The molecule has 0 amide bonds. The van der Waals surface area contributed by atoms with Crippen LogP contribution in [0.1, 0.15) is 0 Å². The first-order chi connectivity index (χ1) is 5.77. The predicted molar refractivity (Wildman–Crippen MR) is 43.3 cm³/mol. The van der Waals surface area contributed by atoms with Crippen LogP contribution in [0.4, 0.5) is 0 Å². The standard InChI is InChI=1S/C7H6N2O2S.Na/c10-12(11)6-1-2-7-5(3-6)4-8-9-7;/h1-4H,(H,8,9)(H,10,11);/q;+1/p-1. The van der Waals surface area contributed by atoms with Gasteiger partial charge in [-0.1, -0.05) is 0 Å². The molecule has 1 N–H and O–H groups in total. The zero-order valence-electron chi connectivity index (χ0n) is 6.98. The van der Waals surface area contributed by atoms with Gasteiger partial charge in [0.15, 0.2) is 0 Å². The van der Waals surface area contributed by atoms with Crippen LogP contribution in [0.25, 0.3) is 10.9 Å². The van der Waals surface area contributed by atoms with Crippen molar-refractivity contribution in [2.24, 2.45) is 0 Å². The minimum absolute atomic E-state index is 0. The molecule has 1 aromatic heterocycles. The first-order valence-electron chi connectivity index (χ1n) is 3.30. The largest absolute Gasteiger partial charge is 1.00 e. The fourth-order valence-electron chi connectivity index (χ4n) is 1.02. The summed E-state index contributed by atoms with van der Waals surface area (Å²) in [5.74, 6) is 0. The Morgan fingerprint density at radius 3 is 2.92 bits per heavy atom. The fraction of sp³-hybridized carbons (Fsp3) is 0. The van der Waals surface area contributed by atoms with Gasteiger partial charge in [-0.25, -0.2) is 0 Å². The molecule has 62 valence electrons. The summed E-state index contributed by atoms with van der Waals surface area (Å²) in [5, 5.41) is 7.31. The second-order valence-electron chi connectivity index (χ2n) is 2.35. The Morgan fingerprint density at radius 1 is 1.46 bits per heavy atom. The van der Waals surface area contributed by atoms with Gasteiger partial charge in [0, 0.05) is 10.3 Å². The second kappa shape index (κ2) is 4.34. The zero-order chi connectivity index (χ0) is 8.55. The Morgan fingerprint density at radius 2 is 2.23 bits per heavy atom. The van der Waals surface area contributed by atoms with Gasteiger partial charge in [0.05, 0.1) is 11.7 Å². The van der Waals surface area contributed by atoms with Gasteiger partial charge in [-0.2, -0.15) is 5.10 Å². The molecule has 0 aliphatic rings. The molecule has 0 saturated heterocycles. The van der Waals surface area contributed by atoms with E-state index in [4.69, 9.17) is 0 Å². The number of aromatic nitrogens is 2. The molecule has 6 heteroatoms. The average Bonchev–Trinajstić information content (AvgIpc) is 2.49. The van der Waals surface area contributed by atoms with E-state index in [0.717, 1.165) is 10.9 Å². The van der Waals surface area contributed by atoms with Crippen molar-refractivity contribution in [2.45, 2.75) is 4.90 Å². The Balaban J connectivity index is 0.000000845. The van der Waals surface area contributed by atoms with Crippen molar-refractivity contribution in [3.05, 3.63) is 24.4 Å². The number of benzene rings is 1. The molecule has 0 spiro atoms. The number of rotatable bonds is 1. The Hall–Kier alpha value is -0.200. The molecule has 0 fully saturated rings. The molecule has 1 atom stereocenters. The first kappa shape index (κ1) is 10.9. The van der Waals surface area contributed by atoms with E-state index >= 15 is 0 Å². The average molecular weight is 204 g/mol. The van der Waals surface area contributed by atoms with E-state index in [1.54, 1.807) is 18.3 Å². The minimum atomic E-state index is -2.16. The van der Waals surface area contributed by atoms with Crippen LogP contribution in [0, 0.1) is 0 Å². The van der Waals surface area contributed by atoms with Crippen LogP contribution >= 0.6 is 0 Å². The topological polar surface area (TPSA) is 68.8 Å². The molecule has 0 aliphatic heterocycles. The van der Waals surface area contributed by atoms with Crippen molar-refractivity contribution in [3.8, 4) is 0 Å². The van der Waals surface area contributed by atoms with Crippen molar-refractivity contribution in [1.82, 2.24) is 10.2 Å². The normalized spacial score (nSPS) is 12.4. The molecule has 0 aliphatic carbocycles. The predicted octanol–water partition coefficient (Wildman–Crippen LogP) is -2.20. The molecular formula is C7H5N2NaO2S. The van der Waals surface area contributed by atoms with E-state index < -0.39 is 11.1 Å². The maximum Gasteiger partial charge on any atom is 1.00 e. The molecule has 1 aromatic carbocycles. The summed E-state index contributed by atoms with van der Waals surface area (Å²) < 4.78 is 21.1. The summed E-state index contributed by atoms with van der Waals surface area (Å²) in [6, 6.07) is 4.79. The zero-order valence-corrected chi connectivity index (χ0v) is 9.80. The van der Waals surface area contributed by atoms with Crippen LogP contribution in [0.3, 0.4) is 0 Å². The Labute approximate surface area is 99.3 Å². The third kappa shape index (κ3) is 2.18. The van der Waals surface area contributed by atoms with E-state index in [9.17, 15) is 8.76 Å². The number of nitrogens with one attached hydrogen (secondary N) is 1. The van der Waals surface area contributed by atoms with Gasteiger partial charge in [0.1, 0.15) is 0 Å². The van der Waals surface area contributed by atoms with Gasteiger partial charge in [-0.3, -0.25) is 9.31 Å². The van der Waals surface area contributed by atoms with Gasteiger partial charge in [-0.15, -0.1) is 0 Å². The van der Waals surface area contributed by atoms with Crippen LogP contribution in [0.15, 0.2) is 29.3 Å². The molecule has 4 nitrogen and oxygen atoms in total. The molecule has 0 saturated carbocycles. The van der Waals surface area contributed by atoms with Crippen LogP contribution < -0.4 is 29.6 Å². The molecule has 1 unspecified atom stereocenters. The smallest absolute Gasteiger partial charge is 0.768 e. The van der Waals surface area contributed by atoms with Crippen LogP contribution in [0.5, 0.6) is 0 Å². The Bertz CT molecular complexity index is 443. The number of H-pyrrole nitrogens is 1. The summed E-state index contributed by atoms with van der Waals surface area (Å²) in [7, 11) is 0. The molecule has 13 heavy (non-hydrogen) atoms. The molecule has 1 heterocycles. The summed E-state index contributed by atoms with van der Waals surface area (Å²) >= 11 is -2.16. The minimum Gasteiger partial charge on any atom is -0.768 e. The number of aromatic amines is 1. The van der Waals surface area contributed by atoms with Gasteiger partial charge in [-0.05, 0) is 29.3 Å². The number of hydrogen-bond acceptors (Lipinski definition) is 3. The first-order valence-corrected chi connectivity index (χ1v) is 4.37. The van der Waals surface area contributed by atoms with Crippen molar-refractivity contribution >= 4 is 22.0 Å². The molecule has 2 rings (SSSR count). The second-order valence-corrected chi connectivity index (χ2v) is 3.29. The summed E-state index contributed by atoms with van der Waals surface area (Å²) in [5.41, 5.74) is 0.837. The molecule has 0 bridgehead atoms. The van der Waals surface area contributed by atoms with E-state index in [1.807, 2.05) is 0 Å². The molecule has 2 aromatic rings. The summed E-state index contributed by atoms with van der Waals surface area (Å²) in [6.07, 6.45) is 1.59. The maximum atomic E-state index is 10.5. The SMILES string of the molecule is O=S([O-])c1ccc2[nH]ncc2c1.[Na+]. The van der Waals surface area contributed by atoms with Crippen LogP contribution in [0.2, 0.25) is 0 Å². The number of nitrogens with zero attached hydrogens (tertiary/aromatic N) is 1. The van der Waals surface area contributed by atoms with Crippen LogP contribution in [-0.2, 0) is 11.1 Å². The van der Waals surface area contributed by atoms with Crippen molar-refractivity contribution < 1.29 is 38.3 Å². The number of fused-ring (bicyclic) bond motifs is 1. The van der Waals surface area contributed by atoms with Crippen molar-refractivity contribution in [1.29, 1.82) is 0 Å². The van der Waals surface area contributed by atoms with Gasteiger partial charge < -0.3 is 4.55 Å². The van der Waals surface area contributed by atoms with E-state index in [2.05, 4.69) is 10.2 Å².